The van der Waals surface area contributed by atoms with Crippen molar-refractivity contribution in [2.24, 2.45) is 23.7 Å². The maximum Gasteiger partial charge on any atom is 0.270 e. The Hall–Kier alpha value is -4.21. The summed E-state index contributed by atoms with van der Waals surface area (Å²) in [5, 5.41) is 5.51. The van der Waals surface area contributed by atoms with E-state index in [9.17, 15) is 9.59 Å². The first-order chi connectivity index (χ1) is 16.7. The van der Waals surface area contributed by atoms with Gasteiger partial charge in [-0.1, -0.05) is 0 Å². The van der Waals surface area contributed by atoms with Gasteiger partial charge in [0.2, 0.25) is 11.9 Å². The molecule has 182 valence electrons. The van der Waals surface area contributed by atoms with E-state index in [1.54, 1.807) is 35.0 Å². The second kappa shape index (κ2) is 9.96. The molecule has 10 heteroatoms. The standard InChI is InChI=1S/C25H29N7O3/c1-14(2)28-24(34)21(13-19(26)16-5-6-16)31-25-30-20-8-7-17(11-22(20)32(25)4)35-18-9-10-27-23(12-18)29-15(3)33/h7-14,16H,5-6,26H2,1-4H3,(H,28,34)(H,27,29,33)/b19-13-,31-21+. The molecule has 1 saturated carbocycles. The van der Waals surface area contributed by atoms with Crippen molar-refractivity contribution in [2.75, 3.05) is 5.32 Å². The fourth-order valence-corrected chi connectivity index (χ4v) is 3.46. The monoisotopic (exact) mass is 475 g/mol. The summed E-state index contributed by atoms with van der Waals surface area (Å²) in [5.41, 5.74) is 8.54. The molecular formula is C25H29N7O3. The number of nitrogens with zero attached hydrogens (tertiary/aromatic N) is 4. The number of amides is 2. The molecule has 4 rings (SSSR count). The highest BCUT2D eigenvalue weighted by Crippen LogP contribution is 2.34. The van der Waals surface area contributed by atoms with Crippen LogP contribution in [0.2, 0.25) is 0 Å². The van der Waals surface area contributed by atoms with Crippen molar-refractivity contribution in [3.05, 3.63) is 48.3 Å². The van der Waals surface area contributed by atoms with E-state index in [-0.39, 0.29) is 23.6 Å². The number of aromatic nitrogens is 3. The maximum absolute atomic E-state index is 12.8. The number of imidazole rings is 1. The van der Waals surface area contributed by atoms with Crippen LogP contribution in [0.3, 0.4) is 0 Å². The molecule has 0 bridgehead atoms. The first kappa shape index (κ1) is 23.9. The van der Waals surface area contributed by atoms with Gasteiger partial charge in [-0.25, -0.2) is 15.0 Å². The average Bonchev–Trinajstić information content (AvgIpc) is 3.59. The third kappa shape index (κ3) is 6.03. The van der Waals surface area contributed by atoms with Gasteiger partial charge in [0, 0.05) is 44.0 Å². The first-order valence-electron chi connectivity index (χ1n) is 11.4. The minimum atomic E-state index is -0.299. The number of aliphatic imine (C=N–C) groups is 1. The van der Waals surface area contributed by atoms with Gasteiger partial charge >= 0.3 is 0 Å². The van der Waals surface area contributed by atoms with E-state index in [1.807, 2.05) is 33.0 Å². The van der Waals surface area contributed by atoms with Crippen LogP contribution >= 0.6 is 0 Å². The summed E-state index contributed by atoms with van der Waals surface area (Å²) in [4.78, 5) is 37.3. The van der Waals surface area contributed by atoms with E-state index in [4.69, 9.17) is 10.5 Å². The highest BCUT2D eigenvalue weighted by atomic mass is 16.5. The van der Waals surface area contributed by atoms with Gasteiger partial charge in [-0.05, 0) is 56.9 Å². The zero-order valence-corrected chi connectivity index (χ0v) is 20.2. The lowest BCUT2D eigenvalue weighted by molar-refractivity contribution is -0.115. The van der Waals surface area contributed by atoms with Crippen molar-refractivity contribution in [1.82, 2.24) is 19.9 Å². The number of carbonyl (C=O) groups is 2. The number of nitrogens with two attached hydrogens (primary N) is 1. The van der Waals surface area contributed by atoms with Gasteiger partial charge < -0.3 is 25.7 Å². The molecular weight excluding hydrogens is 446 g/mol. The summed E-state index contributed by atoms with van der Waals surface area (Å²) in [5.74, 6) is 1.68. The van der Waals surface area contributed by atoms with Gasteiger partial charge in [0.25, 0.3) is 5.91 Å². The van der Waals surface area contributed by atoms with Crippen LogP contribution in [0.4, 0.5) is 11.8 Å². The highest BCUT2D eigenvalue weighted by Gasteiger charge is 2.25. The summed E-state index contributed by atoms with van der Waals surface area (Å²) >= 11 is 0. The van der Waals surface area contributed by atoms with E-state index < -0.39 is 0 Å². The van der Waals surface area contributed by atoms with Gasteiger partial charge in [0.05, 0.1) is 11.0 Å². The quantitative estimate of drug-likeness (QED) is 0.426. The number of anilines is 1. The first-order valence-corrected chi connectivity index (χ1v) is 11.4. The molecule has 4 N–H and O–H groups in total. The van der Waals surface area contributed by atoms with Crippen LogP contribution in [0.1, 0.15) is 33.6 Å². The molecule has 2 aromatic heterocycles. The average molecular weight is 476 g/mol. The lowest BCUT2D eigenvalue weighted by atomic mass is 10.2. The molecule has 3 aromatic rings. The normalized spacial score (nSPS) is 14.3. The Bertz CT molecular complexity index is 1340. The van der Waals surface area contributed by atoms with Gasteiger partial charge in [-0.3, -0.25) is 9.59 Å². The number of nitrogens with one attached hydrogen (secondary N) is 2. The molecule has 1 fully saturated rings. The Kier molecular flexibility index (Phi) is 6.81. The van der Waals surface area contributed by atoms with Gasteiger partial charge in [0.1, 0.15) is 23.0 Å². The van der Waals surface area contributed by atoms with Gasteiger partial charge in [-0.15, -0.1) is 0 Å². The lowest BCUT2D eigenvalue weighted by Gasteiger charge is -2.09. The minimum absolute atomic E-state index is 0.0391. The molecule has 2 heterocycles. The summed E-state index contributed by atoms with van der Waals surface area (Å²) in [6.07, 6.45) is 5.26. The molecule has 1 aliphatic rings. The fourth-order valence-electron chi connectivity index (χ4n) is 3.46. The third-order valence-corrected chi connectivity index (χ3v) is 5.32. The summed E-state index contributed by atoms with van der Waals surface area (Å²) < 4.78 is 7.76. The number of carbonyl (C=O) groups excluding carboxylic acids is 2. The predicted molar refractivity (Wildman–Crippen MR) is 135 cm³/mol. The van der Waals surface area contributed by atoms with Crippen molar-refractivity contribution in [2.45, 2.75) is 39.7 Å². The Morgan fingerprint density at radius 1 is 1.23 bits per heavy atom. The Labute approximate surface area is 203 Å². The Balaban J connectivity index is 1.64. The molecule has 0 unspecified atom stereocenters. The van der Waals surface area contributed by atoms with Gasteiger partial charge in [-0.2, -0.15) is 0 Å². The zero-order valence-electron chi connectivity index (χ0n) is 20.2. The van der Waals surface area contributed by atoms with E-state index in [0.29, 0.717) is 40.4 Å². The van der Waals surface area contributed by atoms with Crippen LogP contribution in [-0.4, -0.2) is 38.1 Å². The molecule has 0 spiro atoms. The molecule has 1 aromatic carbocycles. The Morgan fingerprint density at radius 2 is 1.97 bits per heavy atom. The number of fused-ring (bicyclic) bond motifs is 1. The van der Waals surface area contributed by atoms with E-state index in [0.717, 1.165) is 18.4 Å². The van der Waals surface area contributed by atoms with E-state index in [2.05, 4.69) is 25.6 Å². The van der Waals surface area contributed by atoms with Crippen molar-refractivity contribution in [1.29, 1.82) is 0 Å². The van der Waals surface area contributed by atoms with Crippen molar-refractivity contribution < 1.29 is 14.3 Å². The summed E-state index contributed by atoms with van der Waals surface area (Å²) in [6.45, 7) is 5.20. The molecule has 2 amide bonds. The van der Waals surface area contributed by atoms with Crippen molar-refractivity contribution in [3.63, 3.8) is 0 Å². The number of hydrogen-bond donors (Lipinski definition) is 3. The molecule has 0 radical (unpaired) electrons. The molecule has 10 nitrogen and oxygen atoms in total. The minimum Gasteiger partial charge on any atom is -0.457 e. The SMILES string of the molecule is CC(=O)Nc1cc(Oc2ccc3nc(/N=C(\C=C(/N)C4CC4)C(=O)NC(C)C)n(C)c3c2)ccn1. The number of ether oxygens (including phenoxy) is 1. The fraction of sp³-hybridized carbons (Fsp3) is 0.320. The van der Waals surface area contributed by atoms with Gasteiger partial charge in [0.15, 0.2) is 0 Å². The zero-order chi connectivity index (χ0) is 25.1. The molecule has 0 atom stereocenters. The number of benzene rings is 1. The largest absolute Gasteiger partial charge is 0.457 e. The third-order valence-electron chi connectivity index (χ3n) is 5.32. The molecule has 0 aliphatic heterocycles. The van der Waals surface area contributed by atoms with Crippen LogP contribution < -0.4 is 21.1 Å². The second-order valence-electron chi connectivity index (χ2n) is 8.83. The number of pyridine rings is 1. The van der Waals surface area contributed by atoms with Crippen LogP contribution in [0.15, 0.2) is 53.3 Å². The van der Waals surface area contributed by atoms with Crippen LogP contribution in [0.5, 0.6) is 11.5 Å². The van der Waals surface area contributed by atoms with Crippen molar-refractivity contribution >= 4 is 40.3 Å². The van der Waals surface area contributed by atoms with Crippen LogP contribution in [-0.2, 0) is 16.6 Å². The number of allylic oxidation sites excluding steroid dienone is 1. The molecule has 0 saturated heterocycles. The number of rotatable bonds is 8. The number of hydrogen-bond acceptors (Lipinski definition) is 7. The van der Waals surface area contributed by atoms with Crippen LogP contribution in [0.25, 0.3) is 11.0 Å². The number of aryl methyl sites for hydroxylation is 1. The van der Waals surface area contributed by atoms with Crippen molar-refractivity contribution in [3.8, 4) is 11.5 Å². The highest BCUT2D eigenvalue weighted by molar-refractivity contribution is 6.44. The predicted octanol–water partition coefficient (Wildman–Crippen LogP) is 3.57. The smallest absolute Gasteiger partial charge is 0.270 e. The van der Waals surface area contributed by atoms with Crippen LogP contribution in [0, 0.1) is 5.92 Å². The van der Waals surface area contributed by atoms with E-state index >= 15 is 0 Å². The summed E-state index contributed by atoms with van der Waals surface area (Å²) in [7, 11) is 1.82. The molecule has 1 aliphatic carbocycles. The lowest BCUT2D eigenvalue weighted by Crippen LogP contribution is -2.35. The Morgan fingerprint density at radius 3 is 2.66 bits per heavy atom. The van der Waals surface area contributed by atoms with E-state index in [1.165, 1.54) is 6.92 Å². The second-order valence-corrected chi connectivity index (χ2v) is 8.83. The maximum atomic E-state index is 12.8. The molecule has 35 heavy (non-hydrogen) atoms. The topological polar surface area (TPSA) is 137 Å². The summed E-state index contributed by atoms with van der Waals surface area (Å²) in [6, 6.07) is 8.75.